The summed E-state index contributed by atoms with van der Waals surface area (Å²) in [6.07, 6.45) is 3.10. The highest BCUT2D eigenvalue weighted by Gasteiger charge is 2.31. The van der Waals surface area contributed by atoms with Crippen LogP contribution in [0.1, 0.15) is 56.5 Å². The summed E-state index contributed by atoms with van der Waals surface area (Å²) in [7, 11) is 0. The van der Waals surface area contributed by atoms with E-state index in [1.54, 1.807) is 29.3 Å². The van der Waals surface area contributed by atoms with E-state index in [-0.39, 0.29) is 11.2 Å². The molecule has 0 N–H and O–H groups in total. The Hall–Kier alpha value is -2.65. The van der Waals surface area contributed by atoms with Crippen molar-refractivity contribution in [2.75, 3.05) is 19.6 Å². The first-order valence-corrected chi connectivity index (χ1v) is 11.4. The number of nitrogens with zero attached hydrogens (tertiary/aromatic N) is 6. The minimum Gasteiger partial charge on any atom is -0.463 e. The van der Waals surface area contributed by atoms with Crippen molar-refractivity contribution in [3.05, 3.63) is 52.7 Å². The predicted molar refractivity (Wildman–Crippen MR) is 118 cm³/mol. The summed E-state index contributed by atoms with van der Waals surface area (Å²) >= 11 is 1.67. The van der Waals surface area contributed by atoms with Gasteiger partial charge in [0, 0.05) is 23.3 Å². The second-order valence-electron chi connectivity index (χ2n) is 8.67. The van der Waals surface area contributed by atoms with Gasteiger partial charge in [0.1, 0.15) is 23.6 Å². The van der Waals surface area contributed by atoms with Gasteiger partial charge in [-0.05, 0) is 55.4 Å². The minimum absolute atomic E-state index is 0.242. The van der Waals surface area contributed by atoms with Crippen LogP contribution in [0.5, 0.6) is 5.75 Å². The Labute approximate surface area is 186 Å². The van der Waals surface area contributed by atoms with Crippen molar-refractivity contribution in [3.8, 4) is 5.75 Å². The number of ketones is 1. The monoisotopic (exact) mass is 440 g/mol. The number of tetrazole rings is 1. The molecule has 0 aliphatic carbocycles. The standard InChI is InChI=1S/C22H28N6O2S/c1-16(29)22(2,3)14-27-11-9-17(10-12-27)20-24-19(13-31-20)21(28-15-23-25-26-28)30-18-7-5-4-6-8-18/h4-8,13,15,17,21H,9-12,14H2,1-3H3. The van der Waals surface area contributed by atoms with E-state index in [4.69, 9.17) is 9.72 Å². The van der Waals surface area contributed by atoms with E-state index < -0.39 is 6.23 Å². The normalized spacial score (nSPS) is 16.9. The number of carbonyl (C=O) groups excluding carboxylic acids is 1. The molecular formula is C22H28N6O2S. The molecule has 9 heteroatoms. The molecule has 0 radical (unpaired) electrons. The van der Waals surface area contributed by atoms with Crippen molar-refractivity contribution in [1.29, 1.82) is 0 Å². The summed E-state index contributed by atoms with van der Waals surface area (Å²) in [5, 5.41) is 14.7. The zero-order valence-corrected chi connectivity index (χ0v) is 19.0. The number of hydrogen-bond acceptors (Lipinski definition) is 8. The molecule has 3 aromatic rings. The molecular weight excluding hydrogens is 412 g/mol. The van der Waals surface area contributed by atoms with Crippen LogP contribution in [0.15, 0.2) is 42.0 Å². The van der Waals surface area contributed by atoms with Crippen LogP contribution in [0.2, 0.25) is 0 Å². The average molecular weight is 441 g/mol. The van der Waals surface area contributed by atoms with Gasteiger partial charge in [-0.3, -0.25) is 4.79 Å². The SMILES string of the molecule is CC(=O)C(C)(C)CN1CCC(c2nc(C(Oc3ccccc3)n3cnnn3)cs2)CC1. The number of piperidine rings is 1. The van der Waals surface area contributed by atoms with Crippen LogP contribution in [-0.4, -0.2) is 55.5 Å². The largest absolute Gasteiger partial charge is 0.463 e. The van der Waals surface area contributed by atoms with Crippen LogP contribution in [0.4, 0.5) is 0 Å². The highest BCUT2D eigenvalue weighted by Crippen LogP contribution is 2.33. The van der Waals surface area contributed by atoms with Gasteiger partial charge in [0.05, 0.1) is 5.01 Å². The highest BCUT2D eigenvalue weighted by molar-refractivity contribution is 7.09. The van der Waals surface area contributed by atoms with Crippen LogP contribution >= 0.6 is 11.3 Å². The Balaban J connectivity index is 1.44. The number of likely N-dealkylation sites (tertiary alicyclic amines) is 1. The van der Waals surface area contributed by atoms with Gasteiger partial charge in [-0.25, -0.2) is 4.98 Å². The molecule has 164 valence electrons. The van der Waals surface area contributed by atoms with E-state index in [1.807, 2.05) is 49.6 Å². The van der Waals surface area contributed by atoms with Crippen molar-refractivity contribution < 1.29 is 9.53 Å². The molecule has 0 amide bonds. The zero-order chi connectivity index (χ0) is 21.8. The van der Waals surface area contributed by atoms with Crippen LogP contribution in [0, 0.1) is 5.41 Å². The first-order valence-electron chi connectivity index (χ1n) is 10.6. The summed E-state index contributed by atoms with van der Waals surface area (Å²) in [6.45, 7) is 8.51. The number of aromatic nitrogens is 5. The van der Waals surface area contributed by atoms with Crippen LogP contribution in [0.3, 0.4) is 0 Å². The number of Topliss-reactive ketones (excluding diaryl/α,β-unsaturated/α-hetero) is 1. The molecule has 1 aliphatic heterocycles. The number of benzene rings is 1. The lowest BCUT2D eigenvalue weighted by Gasteiger charge is -2.35. The van der Waals surface area contributed by atoms with E-state index >= 15 is 0 Å². The van der Waals surface area contributed by atoms with Gasteiger partial charge in [-0.15, -0.1) is 16.4 Å². The Kier molecular flexibility index (Phi) is 6.43. The lowest BCUT2D eigenvalue weighted by atomic mass is 9.87. The third-order valence-corrected chi connectivity index (χ3v) is 6.92. The maximum atomic E-state index is 11.9. The summed E-state index contributed by atoms with van der Waals surface area (Å²) in [5.74, 6) is 1.40. The molecule has 2 aromatic heterocycles. The second kappa shape index (κ2) is 9.23. The van der Waals surface area contributed by atoms with Crippen LogP contribution < -0.4 is 4.74 Å². The van der Waals surface area contributed by atoms with Gasteiger partial charge in [0.2, 0.25) is 6.23 Å². The Bertz CT molecular complexity index is 981. The molecule has 0 spiro atoms. The fourth-order valence-corrected chi connectivity index (χ4v) is 4.76. The molecule has 4 rings (SSSR count). The predicted octanol–water partition coefficient (Wildman–Crippen LogP) is 3.55. The molecule has 1 aliphatic rings. The van der Waals surface area contributed by atoms with Gasteiger partial charge in [0.25, 0.3) is 0 Å². The zero-order valence-electron chi connectivity index (χ0n) is 18.1. The maximum absolute atomic E-state index is 11.9. The molecule has 1 saturated heterocycles. The van der Waals surface area contributed by atoms with E-state index in [0.717, 1.165) is 48.9 Å². The number of ether oxygens (including phenoxy) is 1. The molecule has 8 nitrogen and oxygen atoms in total. The van der Waals surface area contributed by atoms with Crippen molar-refractivity contribution >= 4 is 17.1 Å². The Morgan fingerprint density at radius 2 is 2.00 bits per heavy atom. The number of para-hydroxylation sites is 1. The number of hydrogen-bond donors (Lipinski definition) is 0. The van der Waals surface area contributed by atoms with Crippen molar-refractivity contribution in [2.45, 2.75) is 45.8 Å². The van der Waals surface area contributed by atoms with Gasteiger partial charge in [-0.1, -0.05) is 32.0 Å². The van der Waals surface area contributed by atoms with Gasteiger partial charge in [0.15, 0.2) is 0 Å². The second-order valence-corrected chi connectivity index (χ2v) is 9.56. The first-order chi connectivity index (χ1) is 14.9. The molecule has 1 aromatic carbocycles. The molecule has 0 saturated carbocycles. The Morgan fingerprint density at radius 1 is 1.26 bits per heavy atom. The molecule has 0 bridgehead atoms. The molecule has 1 unspecified atom stereocenters. The fraction of sp³-hybridized carbons (Fsp3) is 0.500. The smallest absolute Gasteiger partial charge is 0.238 e. The van der Waals surface area contributed by atoms with Gasteiger partial charge >= 0.3 is 0 Å². The van der Waals surface area contributed by atoms with Crippen molar-refractivity contribution in [2.24, 2.45) is 5.41 Å². The van der Waals surface area contributed by atoms with Crippen molar-refractivity contribution in [1.82, 2.24) is 30.1 Å². The van der Waals surface area contributed by atoms with E-state index in [2.05, 4.69) is 20.4 Å². The summed E-state index contributed by atoms with van der Waals surface area (Å²) in [6, 6.07) is 9.62. The summed E-state index contributed by atoms with van der Waals surface area (Å²) in [4.78, 5) is 19.2. The molecule has 3 heterocycles. The molecule has 1 fully saturated rings. The molecule has 31 heavy (non-hydrogen) atoms. The quantitative estimate of drug-likeness (QED) is 0.529. The third kappa shape index (κ3) is 5.16. The van der Waals surface area contributed by atoms with E-state index in [0.29, 0.717) is 5.92 Å². The lowest BCUT2D eigenvalue weighted by Crippen LogP contribution is -2.42. The van der Waals surface area contributed by atoms with E-state index in [1.165, 1.54) is 0 Å². The van der Waals surface area contributed by atoms with Crippen molar-refractivity contribution in [3.63, 3.8) is 0 Å². The summed E-state index contributed by atoms with van der Waals surface area (Å²) in [5.41, 5.74) is 0.506. The summed E-state index contributed by atoms with van der Waals surface area (Å²) < 4.78 is 7.75. The van der Waals surface area contributed by atoms with Crippen LogP contribution in [0.25, 0.3) is 0 Å². The average Bonchev–Trinajstić information content (AvgIpc) is 3.46. The number of rotatable bonds is 8. The number of carbonyl (C=O) groups is 1. The Morgan fingerprint density at radius 3 is 2.65 bits per heavy atom. The lowest BCUT2D eigenvalue weighted by molar-refractivity contribution is -0.126. The third-order valence-electron chi connectivity index (χ3n) is 5.90. The molecule has 1 atom stereocenters. The first kappa shape index (κ1) is 21.6. The minimum atomic E-state index is -0.515. The van der Waals surface area contributed by atoms with Crippen LogP contribution in [-0.2, 0) is 4.79 Å². The topological polar surface area (TPSA) is 86.0 Å². The maximum Gasteiger partial charge on any atom is 0.238 e. The van der Waals surface area contributed by atoms with E-state index in [9.17, 15) is 4.79 Å². The highest BCUT2D eigenvalue weighted by atomic mass is 32.1. The fourth-order valence-electron chi connectivity index (χ4n) is 3.76. The van der Waals surface area contributed by atoms with Gasteiger partial charge in [-0.2, -0.15) is 4.68 Å². The van der Waals surface area contributed by atoms with Gasteiger partial charge < -0.3 is 9.64 Å². The number of thiazole rings is 1.